The smallest absolute Gasteiger partial charge is 0.326 e. The quantitative estimate of drug-likeness (QED) is 0.760. The summed E-state index contributed by atoms with van der Waals surface area (Å²) in [5.74, 6) is -2.89. The second-order valence-electron chi connectivity index (χ2n) is 3.47. The highest BCUT2D eigenvalue weighted by Crippen LogP contribution is 2.19. The molecule has 18 heavy (non-hydrogen) atoms. The SMILES string of the molecule is O=C(N[C@@H](CCO)C(=O)O)c1c(F)cccc1Br. The molecule has 0 saturated carbocycles. The van der Waals surface area contributed by atoms with Gasteiger partial charge in [-0.2, -0.15) is 0 Å². The summed E-state index contributed by atoms with van der Waals surface area (Å²) in [6.07, 6.45) is -0.146. The van der Waals surface area contributed by atoms with Crippen molar-refractivity contribution in [1.29, 1.82) is 0 Å². The number of aliphatic hydroxyl groups excluding tert-OH is 1. The number of halogens is 2. The molecule has 5 nitrogen and oxygen atoms in total. The molecule has 0 radical (unpaired) electrons. The summed E-state index contributed by atoms with van der Waals surface area (Å²) in [5, 5.41) is 19.6. The number of amides is 1. The average molecular weight is 320 g/mol. The van der Waals surface area contributed by atoms with Crippen LogP contribution in [-0.2, 0) is 4.79 Å². The van der Waals surface area contributed by atoms with Crippen LogP contribution in [0.25, 0.3) is 0 Å². The van der Waals surface area contributed by atoms with Crippen molar-refractivity contribution < 1.29 is 24.2 Å². The topological polar surface area (TPSA) is 86.6 Å². The van der Waals surface area contributed by atoms with Crippen LogP contribution in [0.3, 0.4) is 0 Å². The maximum atomic E-state index is 13.5. The molecule has 0 aliphatic heterocycles. The second kappa shape index (κ2) is 6.46. The number of aliphatic carboxylic acids is 1. The van der Waals surface area contributed by atoms with Gasteiger partial charge in [-0.25, -0.2) is 9.18 Å². The molecule has 0 aliphatic rings. The third-order valence-electron chi connectivity index (χ3n) is 2.21. The van der Waals surface area contributed by atoms with Gasteiger partial charge in [0.05, 0.1) is 5.56 Å². The average Bonchev–Trinajstić information content (AvgIpc) is 2.28. The number of hydrogen-bond acceptors (Lipinski definition) is 3. The minimum atomic E-state index is -1.29. The molecule has 0 aliphatic carbocycles. The van der Waals surface area contributed by atoms with Crippen LogP contribution in [0, 0.1) is 5.82 Å². The van der Waals surface area contributed by atoms with Crippen LogP contribution in [0.4, 0.5) is 4.39 Å². The molecule has 0 saturated heterocycles. The molecule has 0 aromatic heterocycles. The molecule has 1 aromatic carbocycles. The number of carbonyl (C=O) groups is 2. The minimum absolute atomic E-state index is 0.146. The normalized spacial score (nSPS) is 11.9. The standard InChI is InChI=1S/C11H11BrFNO4/c12-6-2-1-3-7(13)9(6)10(16)14-8(4-5-15)11(17)18/h1-3,8,15H,4-5H2,(H,14,16)(H,17,18)/t8-/m0/s1. The van der Waals surface area contributed by atoms with Gasteiger partial charge in [0.1, 0.15) is 11.9 Å². The van der Waals surface area contributed by atoms with Crippen molar-refractivity contribution in [3.8, 4) is 0 Å². The maximum absolute atomic E-state index is 13.5. The van der Waals surface area contributed by atoms with E-state index in [2.05, 4.69) is 21.2 Å². The molecule has 0 fully saturated rings. The van der Waals surface area contributed by atoms with Crippen molar-refractivity contribution in [1.82, 2.24) is 5.32 Å². The number of hydrogen-bond donors (Lipinski definition) is 3. The molecule has 0 heterocycles. The Bertz CT molecular complexity index is 446. The molecule has 98 valence electrons. The Hall–Kier alpha value is -1.47. The lowest BCUT2D eigenvalue weighted by atomic mass is 10.1. The van der Waals surface area contributed by atoms with Crippen LogP contribution in [-0.4, -0.2) is 34.7 Å². The van der Waals surface area contributed by atoms with Crippen LogP contribution in [0.15, 0.2) is 22.7 Å². The summed E-state index contributed by atoms with van der Waals surface area (Å²) < 4.78 is 13.7. The Morgan fingerprint density at radius 3 is 2.61 bits per heavy atom. The molecule has 1 aromatic rings. The highest BCUT2D eigenvalue weighted by molar-refractivity contribution is 9.10. The molecular formula is C11H11BrFNO4. The van der Waals surface area contributed by atoms with Crippen LogP contribution in [0.1, 0.15) is 16.8 Å². The molecular weight excluding hydrogens is 309 g/mol. The lowest BCUT2D eigenvalue weighted by Gasteiger charge is -2.14. The van der Waals surface area contributed by atoms with Gasteiger partial charge >= 0.3 is 5.97 Å². The second-order valence-corrected chi connectivity index (χ2v) is 4.33. The number of carboxylic acids is 1. The third-order valence-corrected chi connectivity index (χ3v) is 2.87. The molecule has 3 N–H and O–H groups in total. The zero-order valence-electron chi connectivity index (χ0n) is 9.19. The predicted molar refractivity (Wildman–Crippen MR) is 64.7 cm³/mol. The third kappa shape index (κ3) is 3.51. The van der Waals surface area contributed by atoms with Crippen LogP contribution in [0.2, 0.25) is 0 Å². The summed E-state index contributed by atoms with van der Waals surface area (Å²) in [7, 11) is 0. The van der Waals surface area contributed by atoms with Crippen molar-refractivity contribution in [2.75, 3.05) is 6.61 Å². The van der Waals surface area contributed by atoms with E-state index in [0.29, 0.717) is 0 Å². The van der Waals surface area contributed by atoms with E-state index in [1.807, 2.05) is 0 Å². The van der Waals surface area contributed by atoms with Gasteiger partial charge in [-0.1, -0.05) is 6.07 Å². The van der Waals surface area contributed by atoms with E-state index in [4.69, 9.17) is 10.2 Å². The molecule has 0 unspecified atom stereocenters. The lowest BCUT2D eigenvalue weighted by molar-refractivity contribution is -0.139. The van der Waals surface area contributed by atoms with Gasteiger partial charge < -0.3 is 15.5 Å². The summed E-state index contributed by atoms with van der Waals surface area (Å²) in [5.41, 5.74) is -0.262. The summed E-state index contributed by atoms with van der Waals surface area (Å²) in [4.78, 5) is 22.5. The highest BCUT2D eigenvalue weighted by Gasteiger charge is 2.23. The zero-order valence-corrected chi connectivity index (χ0v) is 10.8. The Labute approximate surface area is 111 Å². The predicted octanol–water partition coefficient (Wildman–Crippen LogP) is 1.15. The van der Waals surface area contributed by atoms with Gasteiger partial charge in [0, 0.05) is 17.5 Å². The van der Waals surface area contributed by atoms with Crippen molar-refractivity contribution >= 4 is 27.8 Å². The summed E-state index contributed by atoms with van der Waals surface area (Å²) in [6, 6.07) is 2.73. The van der Waals surface area contributed by atoms with E-state index in [-0.39, 0.29) is 16.5 Å². The Morgan fingerprint density at radius 2 is 2.11 bits per heavy atom. The van der Waals surface area contributed by atoms with Crippen molar-refractivity contribution in [2.24, 2.45) is 0 Å². The lowest BCUT2D eigenvalue weighted by Crippen LogP contribution is -2.41. The molecule has 1 amide bonds. The first-order valence-electron chi connectivity index (χ1n) is 5.06. The number of rotatable bonds is 5. The summed E-state index contributed by atoms with van der Waals surface area (Å²) in [6.45, 7) is -0.393. The van der Waals surface area contributed by atoms with Gasteiger partial charge in [-0.05, 0) is 28.1 Å². The van der Waals surface area contributed by atoms with E-state index < -0.39 is 30.3 Å². The van der Waals surface area contributed by atoms with E-state index in [9.17, 15) is 14.0 Å². The molecule has 0 bridgehead atoms. The highest BCUT2D eigenvalue weighted by atomic mass is 79.9. The minimum Gasteiger partial charge on any atom is -0.480 e. The fraction of sp³-hybridized carbons (Fsp3) is 0.273. The summed E-state index contributed by atoms with van der Waals surface area (Å²) >= 11 is 3.02. The van der Waals surface area contributed by atoms with Gasteiger partial charge in [-0.15, -0.1) is 0 Å². The maximum Gasteiger partial charge on any atom is 0.326 e. The van der Waals surface area contributed by atoms with E-state index in [1.54, 1.807) is 0 Å². The number of benzene rings is 1. The van der Waals surface area contributed by atoms with Crippen LogP contribution >= 0.6 is 15.9 Å². The molecule has 0 spiro atoms. The fourth-order valence-electron chi connectivity index (χ4n) is 1.33. The first kappa shape index (κ1) is 14.6. The zero-order chi connectivity index (χ0) is 13.7. The molecule has 1 atom stereocenters. The first-order chi connectivity index (χ1) is 8.47. The van der Waals surface area contributed by atoms with Crippen molar-refractivity contribution in [3.05, 3.63) is 34.1 Å². The van der Waals surface area contributed by atoms with E-state index in [1.165, 1.54) is 12.1 Å². The molecule has 7 heteroatoms. The van der Waals surface area contributed by atoms with Gasteiger partial charge in [0.2, 0.25) is 0 Å². The largest absolute Gasteiger partial charge is 0.480 e. The number of carbonyl (C=O) groups excluding carboxylic acids is 1. The monoisotopic (exact) mass is 319 g/mol. The Kier molecular flexibility index (Phi) is 5.24. The van der Waals surface area contributed by atoms with E-state index in [0.717, 1.165) is 6.07 Å². The van der Waals surface area contributed by atoms with Crippen molar-refractivity contribution in [3.63, 3.8) is 0 Å². The van der Waals surface area contributed by atoms with Gasteiger partial charge in [0.25, 0.3) is 5.91 Å². The van der Waals surface area contributed by atoms with Crippen molar-refractivity contribution in [2.45, 2.75) is 12.5 Å². The number of aliphatic hydroxyl groups is 1. The Balaban J connectivity index is 2.90. The Morgan fingerprint density at radius 1 is 1.44 bits per heavy atom. The van der Waals surface area contributed by atoms with Gasteiger partial charge in [0.15, 0.2) is 0 Å². The van der Waals surface area contributed by atoms with Crippen LogP contribution < -0.4 is 5.32 Å². The number of nitrogens with one attached hydrogen (secondary N) is 1. The first-order valence-corrected chi connectivity index (χ1v) is 5.85. The fourth-order valence-corrected chi connectivity index (χ4v) is 1.85. The molecule has 1 rings (SSSR count). The number of carboxylic acid groups (broad SMARTS) is 1. The van der Waals surface area contributed by atoms with Crippen LogP contribution in [0.5, 0.6) is 0 Å². The van der Waals surface area contributed by atoms with E-state index >= 15 is 0 Å². The van der Waals surface area contributed by atoms with Gasteiger partial charge in [-0.3, -0.25) is 4.79 Å².